The Hall–Kier alpha value is -2.08. The fraction of sp³-hybridized carbons (Fsp3) is 0.0909. The van der Waals surface area contributed by atoms with Gasteiger partial charge in [0.15, 0.2) is 11.6 Å². The standard InChI is InChI=1S/C11H7ClFNO4/c1-17-10-6(12)2-5(3-7(10)13)8-4-9(11(15)16)18-14-8/h2-4H,1H3,(H,15,16). The third-order valence-corrected chi connectivity index (χ3v) is 2.50. The number of benzene rings is 1. The summed E-state index contributed by atoms with van der Waals surface area (Å²) >= 11 is 5.81. The van der Waals surface area contributed by atoms with Crippen molar-refractivity contribution in [1.29, 1.82) is 0 Å². The maximum absolute atomic E-state index is 13.6. The van der Waals surface area contributed by atoms with E-state index < -0.39 is 11.8 Å². The van der Waals surface area contributed by atoms with Crippen molar-refractivity contribution >= 4 is 17.6 Å². The monoisotopic (exact) mass is 271 g/mol. The molecular formula is C11H7ClFNO4. The van der Waals surface area contributed by atoms with Crippen molar-refractivity contribution in [2.75, 3.05) is 7.11 Å². The zero-order chi connectivity index (χ0) is 13.3. The van der Waals surface area contributed by atoms with Crippen LogP contribution in [0.2, 0.25) is 5.02 Å². The van der Waals surface area contributed by atoms with Gasteiger partial charge in [-0.1, -0.05) is 16.8 Å². The number of hydrogen-bond donors (Lipinski definition) is 1. The van der Waals surface area contributed by atoms with Gasteiger partial charge in [0.05, 0.1) is 12.1 Å². The molecule has 0 aliphatic heterocycles. The van der Waals surface area contributed by atoms with Crippen molar-refractivity contribution in [2.45, 2.75) is 0 Å². The molecule has 94 valence electrons. The lowest BCUT2D eigenvalue weighted by atomic mass is 10.1. The van der Waals surface area contributed by atoms with Crippen molar-refractivity contribution < 1.29 is 23.6 Å². The SMILES string of the molecule is COc1c(F)cc(-c2cc(C(=O)O)on2)cc1Cl. The molecule has 7 heteroatoms. The largest absolute Gasteiger partial charge is 0.492 e. The third-order valence-electron chi connectivity index (χ3n) is 2.22. The third kappa shape index (κ3) is 2.14. The number of carboxylic acid groups (broad SMARTS) is 1. The van der Waals surface area contributed by atoms with E-state index in [1.54, 1.807) is 0 Å². The molecule has 0 aliphatic carbocycles. The second kappa shape index (κ2) is 4.66. The van der Waals surface area contributed by atoms with Crippen LogP contribution in [0, 0.1) is 5.82 Å². The Morgan fingerprint density at radius 2 is 2.22 bits per heavy atom. The summed E-state index contributed by atoms with van der Waals surface area (Å²) in [5.41, 5.74) is 0.477. The highest BCUT2D eigenvalue weighted by Gasteiger charge is 2.16. The fourth-order valence-electron chi connectivity index (χ4n) is 1.41. The first-order valence-corrected chi connectivity index (χ1v) is 5.14. The molecule has 2 aromatic rings. The Morgan fingerprint density at radius 1 is 1.50 bits per heavy atom. The molecule has 1 aromatic heterocycles. The highest BCUT2D eigenvalue weighted by Crippen LogP contribution is 2.32. The number of methoxy groups -OCH3 is 1. The van der Waals surface area contributed by atoms with Gasteiger partial charge in [-0.15, -0.1) is 0 Å². The molecule has 1 heterocycles. The summed E-state index contributed by atoms with van der Waals surface area (Å²) in [6.07, 6.45) is 0. The average molecular weight is 272 g/mol. The van der Waals surface area contributed by atoms with Crippen LogP contribution in [0.15, 0.2) is 22.7 Å². The molecule has 0 atom stereocenters. The molecule has 5 nitrogen and oxygen atoms in total. The van der Waals surface area contributed by atoms with E-state index in [1.165, 1.54) is 19.2 Å². The van der Waals surface area contributed by atoms with E-state index in [9.17, 15) is 9.18 Å². The summed E-state index contributed by atoms with van der Waals surface area (Å²) in [5.74, 6) is -2.34. The van der Waals surface area contributed by atoms with Crippen LogP contribution in [-0.2, 0) is 0 Å². The highest BCUT2D eigenvalue weighted by atomic mass is 35.5. The van der Waals surface area contributed by atoms with Gasteiger partial charge in [-0.2, -0.15) is 0 Å². The lowest BCUT2D eigenvalue weighted by molar-refractivity contribution is 0.0652. The van der Waals surface area contributed by atoms with Gasteiger partial charge < -0.3 is 14.4 Å². The molecule has 2 rings (SSSR count). The number of aromatic nitrogens is 1. The van der Waals surface area contributed by atoms with Crippen LogP contribution >= 0.6 is 11.6 Å². The number of aromatic carboxylic acids is 1. The number of halogens is 2. The summed E-state index contributed by atoms with van der Waals surface area (Å²) in [4.78, 5) is 10.6. The summed E-state index contributed by atoms with van der Waals surface area (Å²) in [6, 6.07) is 3.72. The van der Waals surface area contributed by atoms with Gasteiger partial charge >= 0.3 is 5.97 Å². The zero-order valence-electron chi connectivity index (χ0n) is 9.11. The van der Waals surface area contributed by atoms with E-state index in [0.29, 0.717) is 5.56 Å². The molecule has 18 heavy (non-hydrogen) atoms. The summed E-state index contributed by atoms with van der Waals surface area (Å²) in [6.45, 7) is 0. The van der Waals surface area contributed by atoms with Crippen molar-refractivity contribution in [3.05, 3.63) is 34.8 Å². The van der Waals surface area contributed by atoms with Crippen molar-refractivity contribution in [1.82, 2.24) is 5.16 Å². The van der Waals surface area contributed by atoms with Gasteiger partial charge in [0.25, 0.3) is 0 Å². The Morgan fingerprint density at radius 3 is 2.72 bits per heavy atom. The van der Waals surface area contributed by atoms with E-state index in [2.05, 4.69) is 9.68 Å². The molecule has 0 amide bonds. The van der Waals surface area contributed by atoms with Crippen LogP contribution < -0.4 is 4.74 Å². The second-order valence-electron chi connectivity index (χ2n) is 3.35. The maximum Gasteiger partial charge on any atom is 0.374 e. The van der Waals surface area contributed by atoms with Crippen LogP contribution in [0.3, 0.4) is 0 Å². The lowest BCUT2D eigenvalue weighted by Gasteiger charge is -2.05. The molecule has 0 unspecified atom stereocenters. The molecular weight excluding hydrogens is 265 g/mol. The number of hydrogen-bond acceptors (Lipinski definition) is 4. The van der Waals surface area contributed by atoms with Gasteiger partial charge in [0, 0.05) is 11.6 Å². The first-order chi connectivity index (χ1) is 8.52. The normalized spacial score (nSPS) is 10.4. The van der Waals surface area contributed by atoms with E-state index in [1.807, 2.05) is 0 Å². The summed E-state index contributed by atoms with van der Waals surface area (Å²) in [7, 11) is 1.29. The van der Waals surface area contributed by atoms with Crippen molar-refractivity contribution in [2.24, 2.45) is 0 Å². The van der Waals surface area contributed by atoms with E-state index in [0.717, 1.165) is 6.07 Å². The van der Waals surface area contributed by atoms with Crippen LogP contribution in [0.25, 0.3) is 11.3 Å². The highest BCUT2D eigenvalue weighted by molar-refractivity contribution is 6.32. The molecule has 0 saturated heterocycles. The predicted octanol–water partition coefficient (Wildman–Crippen LogP) is 2.84. The molecule has 0 spiro atoms. The lowest BCUT2D eigenvalue weighted by Crippen LogP contribution is -1.92. The van der Waals surface area contributed by atoms with E-state index in [-0.39, 0.29) is 22.2 Å². The maximum atomic E-state index is 13.6. The number of ether oxygens (including phenoxy) is 1. The Balaban J connectivity index is 2.47. The van der Waals surface area contributed by atoms with Crippen LogP contribution in [0.5, 0.6) is 5.75 Å². The number of carbonyl (C=O) groups is 1. The first kappa shape index (κ1) is 12.4. The van der Waals surface area contributed by atoms with Crippen molar-refractivity contribution in [3.63, 3.8) is 0 Å². The molecule has 0 fully saturated rings. The summed E-state index contributed by atoms with van der Waals surface area (Å²) < 4.78 is 22.9. The molecule has 1 aromatic carbocycles. The van der Waals surface area contributed by atoms with Crippen molar-refractivity contribution in [3.8, 4) is 17.0 Å². The minimum absolute atomic E-state index is 0.0624. The second-order valence-corrected chi connectivity index (χ2v) is 3.76. The Bertz CT molecular complexity index is 588. The molecule has 0 saturated carbocycles. The van der Waals surface area contributed by atoms with Gasteiger partial charge in [0.1, 0.15) is 5.69 Å². The van der Waals surface area contributed by atoms with Gasteiger partial charge in [0.2, 0.25) is 5.76 Å². The number of rotatable bonds is 3. The number of carboxylic acids is 1. The zero-order valence-corrected chi connectivity index (χ0v) is 9.86. The molecule has 1 N–H and O–H groups in total. The van der Waals surface area contributed by atoms with Crippen LogP contribution in [-0.4, -0.2) is 23.3 Å². The quantitative estimate of drug-likeness (QED) is 0.929. The molecule has 0 aliphatic rings. The predicted molar refractivity (Wildman–Crippen MR) is 60.4 cm³/mol. The van der Waals surface area contributed by atoms with Crippen LogP contribution in [0.1, 0.15) is 10.6 Å². The van der Waals surface area contributed by atoms with Gasteiger partial charge in [-0.3, -0.25) is 0 Å². The minimum Gasteiger partial charge on any atom is -0.492 e. The molecule has 0 bridgehead atoms. The summed E-state index contributed by atoms with van der Waals surface area (Å²) in [5, 5.41) is 12.3. The van der Waals surface area contributed by atoms with Gasteiger partial charge in [-0.25, -0.2) is 9.18 Å². The van der Waals surface area contributed by atoms with Gasteiger partial charge in [-0.05, 0) is 12.1 Å². The smallest absolute Gasteiger partial charge is 0.374 e. The topological polar surface area (TPSA) is 72.6 Å². The minimum atomic E-state index is -1.26. The Kier molecular flexibility index (Phi) is 3.20. The average Bonchev–Trinajstić information content (AvgIpc) is 2.77. The number of nitrogens with zero attached hydrogens (tertiary/aromatic N) is 1. The van der Waals surface area contributed by atoms with E-state index >= 15 is 0 Å². The first-order valence-electron chi connectivity index (χ1n) is 4.76. The fourth-order valence-corrected chi connectivity index (χ4v) is 1.70. The molecule has 0 radical (unpaired) electrons. The van der Waals surface area contributed by atoms with Crippen LogP contribution in [0.4, 0.5) is 4.39 Å². The van der Waals surface area contributed by atoms with E-state index in [4.69, 9.17) is 21.4 Å². The Labute approximate surface area is 106 Å².